The third kappa shape index (κ3) is 3.35. The highest BCUT2D eigenvalue weighted by molar-refractivity contribution is 6.30. The van der Waals surface area contributed by atoms with E-state index in [2.05, 4.69) is 17.3 Å². The van der Waals surface area contributed by atoms with Gasteiger partial charge in [-0.25, -0.2) is 0 Å². The van der Waals surface area contributed by atoms with Crippen molar-refractivity contribution in [2.75, 3.05) is 7.11 Å². The molecule has 6 nitrogen and oxygen atoms in total. The summed E-state index contributed by atoms with van der Waals surface area (Å²) >= 11 is 5.93. The maximum atomic E-state index is 13.0. The molecule has 0 unspecified atom stereocenters. The number of carbonyl (C=O) groups excluding carboxylic acids is 2. The number of hydrazone groups is 1. The smallest absolute Gasteiger partial charge is 0.254 e. The zero-order valence-electron chi connectivity index (χ0n) is 18.1. The fraction of sp³-hybridized carbons (Fsp3) is 0.346. The van der Waals surface area contributed by atoms with Gasteiger partial charge in [0.25, 0.3) is 11.8 Å². The Kier molecular flexibility index (Phi) is 4.80. The van der Waals surface area contributed by atoms with Gasteiger partial charge in [0.1, 0.15) is 6.61 Å². The van der Waals surface area contributed by atoms with Gasteiger partial charge < -0.3 is 9.47 Å². The van der Waals surface area contributed by atoms with E-state index in [0.717, 1.165) is 17.0 Å². The summed E-state index contributed by atoms with van der Waals surface area (Å²) in [4.78, 5) is 26.1. The lowest BCUT2D eigenvalue weighted by Crippen LogP contribution is -2.40. The Morgan fingerprint density at radius 3 is 2.30 bits per heavy atom. The summed E-state index contributed by atoms with van der Waals surface area (Å²) in [7, 11) is 1.57. The van der Waals surface area contributed by atoms with Crippen molar-refractivity contribution < 1.29 is 19.1 Å². The summed E-state index contributed by atoms with van der Waals surface area (Å²) in [6, 6.07) is 12.8. The van der Waals surface area contributed by atoms with Crippen molar-refractivity contribution in [1.29, 1.82) is 0 Å². The molecular weight excluding hydrogens is 440 g/mol. The first-order valence-electron chi connectivity index (χ1n) is 11.2. The summed E-state index contributed by atoms with van der Waals surface area (Å²) < 4.78 is 11.4. The van der Waals surface area contributed by atoms with Gasteiger partial charge in [-0.1, -0.05) is 35.9 Å². The summed E-state index contributed by atoms with van der Waals surface area (Å²) in [5.41, 5.74) is 1.70. The minimum absolute atomic E-state index is 0.166. The second-order valence-electron chi connectivity index (χ2n) is 9.21. The highest BCUT2D eigenvalue weighted by Crippen LogP contribution is 2.65. The zero-order chi connectivity index (χ0) is 22.7. The van der Waals surface area contributed by atoms with Crippen LogP contribution < -0.4 is 9.47 Å². The standard InChI is InChI=1S/C26H23ClN2O4/c1-32-22-10-15(4-9-21(22)33-13-14-2-5-16(27)6-3-14)12-28-29-25(30)23-17-7-8-18(20-11-19(17)20)24(23)26(29)31/h2-10,12,17-20,23-24H,11,13H2,1H3/t17-,18-,19-,20-,23+,24+/m0/s1. The minimum atomic E-state index is -0.244. The van der Waals surface area contributed by atoms with Crippen LogP contribution in [0.25, 0.3) is 0 Å². The number of nitrogens with zero attached hydrogens (tertiary/aromatic N) is 2. The predicted molar refractivity (Wildman–Crippen MR) is 123 cm³/mol. The molecule has 2 aromatic rings. The molecule has 2 bridgehead atoms. The van der Waals surface area contributed by atoms with Crippen molar-refractivity contribution in [3.8, 4) is 11.5 Å². The third-order valence-electron chi connectivity index (χ3n) is 7.46. The Balaban J connectivity index is 1.17. The van der Waals surface area contributed by atoms with E-state index in [4.69, 9.17) is 21.1 Å². The van der Waals surface area contributed by atoms with Crippen molar-refractivity contribution in [1.82, 2.24) is 5.01 Å². The van der Waals surface area contributed by atoms with E-state index < -0.39 is 0 Å². The van der Waals surface area contributed by atoms with E-state index in [1.807, 2.05) is 30.3 Å². The molecule has 2 saturated carbocycles. The Labute approximate surface area is 196 Å². The highest BCUT2D eigenvalue weighted by atomic mass is 35.5. The van der Waals surface area contributed by atoms with Gasteiger partial charge in [-0.05, 0) is 71.6 Å². The van der Waals surface area contributed by atoms with E-state index in [0.29, 0.717) is 40.5 Å². The minimum Gasteiger partial charge on any atom is -0.493 e. The number of imide groups is 1. The molecule has 1 aliphatic heterocycles. The molecule has 1 saturated heterocycles. The second-order valence-corrected chi connectivity index (χ2v) is 9.65. The predicted octanol–water partition coefficient (Wildman–Crippen LogP) is 4.31. The first kappa shape index (κ1) is 20.5. The van der Waals surface area contributed by atoms with Gasteiger partial charge in [0, 0.05) is 5.02 Å². The summed E-state index contributed by atoms with van der Waals surface area (Å²) in [6.07, 6.45) is 7.00. The molecule has 5 aliphatic rings. The van der Waals surface area contributed by atoms with E-state index in [-0.39, 0.29) is 35.5 Å². The van der Waals surface area contributed by atoms with Crippen LogP contribution in [0.3, 0.4) is 0 Å². The Morgan fingerprint density at radius 1 is 1.00 bits per heavy atom. The lowest BCUT2D eigenvalue weighted by molar-refractivity contribution is -0.140. The normalized spacial score (nSPS) is 31.2. The van der Waals surface area contributed by atoms with Crippen molar-refractivity contribution in [3.63, 3.8) is 0 Å². The SMILES string of the molecule is COc1cc(C=NN2C(=O)[C@@H]3[C@H]4C=C[C@@H]([C@@H]5C[C@@H]45)[C@H]3C2=O)ccc1OCc1ccc(Cl)cc1. The average Bonchev–Trinajstić information content (AvgIpc) is 3.62. The van der Waals surface area contributed by atoms with Crippen LogP contribution in [-0.4, -0.2) is 30.1 Å². The van der Waals surface area contributed by atoms with Crippen LogP contribution in [0.2, 0.25) is 5.02 Å². The topological polar surface area (TPSA) is 68.2 Å². The summed E-state index contributed by atoms with van der Waals surface area (Å²) in [6.45, 7) is 0.374. The molecule has 0 N–H and O–H groups in total. The molecule has 2 amide bonds. The molecule has 6 atom stereocenters. The van der Waals surface area contributed by atoms with Gasteiger partial charge in [-0.3, -0.25) is 9.59 Å². The van der Waals surface area contributed by atoms with Crippen LogP contribution in [0.1, 0.15) is 17.5 Å². The van der Waals surface area contributed by atoms with Crippen LogP contribution >= 0.6 is 11.6 Å². The molecule has 33 heavy (non-hydrogen) atoms. The maximum Gasteiger partial charge on any atom is 0.254 e. The largest absolute Gasteiger partial charge is 0.493 e. The Bertz CT molecular complexity index is 1160. The lowest BCUT2D eigenvalue weighted by Gasteiger charge is -2.37. The van der Waals surface area contributed by atoms with Crippen LogP contribution in [-0.2, 0) is 16.2 Å². The maximum absolute atomic E-state index is 13.0. The second kappa shape index (κ2) is 7.73. The van der Waals surface area contributed by atoms with Gasteiger partial charge in [-0.2, -0.15) is 10.1 Å². The molecule has 7 heteroatoms. The molecule has 3 fully saturated rings. The highest BCUT2D eigenvalue weighted by Gasteiger charge is 2.67. The number of hydrogen-bond donors (Lipinski definition) is 0. The van der Waals surface area contributed by atoms with Gasteiger partial charge in [0.15, 0.2) is 11.5 Å². The molecule has 2 aromatic carbocycles. The number of methoxy groups -OCH3 is 1. The van der Waals surface area contributed by atoms with Crippen LogP contribution in [0, 0.1) is 35.5 Å². The van der Waals surface area contributed by atoms with Crippen LogP contribution in [0.15, 0.2) is 59.7 Å². The molecular formula is C26H23ClN2O4. The zero-order valence-corrected chi connectivity index (χ0v) is 18.8. The van der Waals surface area contributed by atoms with Gasteiger partial charge in [-0.15, -0.1) is 0 Å². The van der Waals surface area contributed by atoms with Crippen LogP contribution in [0.5, 0.6) is 11.5 Å². The van der Waals surface area contributed by atoms with Crippen molar-refractivity contribution in [3.05, 3.63) is 70.8 Å². The first-order valence-corrected chi connectivity index (χ1v) is 11.6. The number of ether oxygens (including phenoxy) is 2. The van der Waals surface area contributed by atoms with Gasteiger partial charge in [0.05, 0.1) is 25.2 Å². The van der Waals surface area contributed by atoms with E-state index >= 15 is 0 Å². The number of benzene rings is 2. The first-order chi connectivity index (χ1) is 16.0. The van der Waals surface area contributed by atoms with Crippen molar-refractivity contribution in [2.45, 2.75) is 13.0 Å². The quantitative estimate of drug-likeness (QED) is 0.364. The van der Waals surface area contributed by atoms with E-state index in [9.17, 15) is 9.59 Å². The van der Waals surface area contributed by atoms with Crippen LogP contribution in [0.4, 0.5) is 0 Å². The van der Waals surface area contributed by atoms with E-state index in [1.165, 1.54) is 6.21 Å². The number of allylic oxidation sites excluding steroid dienone is 2. The summed E-state index contributed by atoms with van der Waals surface area (Å²) in [5, 5.41) is 6.06. The fourth-order valence-corrected chi connectivity index (χ4v) is 5.93. The Morgan fingerprint density at radius 2 is 1.67 bits per heavy atom. The average molecular weight is 463 g/mol. The molecule has 0 radical (unpaired) electrons. The molecule has 7 rings (SSSR count). The van der Waals surface area contributed by atoms with E-state index in [1.54, 1.807) is 19.2 Å². The van der Waals surface area contributed by atoms with Crippen molar-refractivity contribution in [2.24, 2.45) is 40.6 Å². The molecule has 4 aliphatic carbocycles. The van der Waals surface area contributed by atoms with Gasteiger partial charge in [0.2, 0.25) is 0 Å². The molecule has 0 spiro atoms. The van der Waals surface area contributed by atoms with Gasteiger partial charge >= 0.3 is 0 Å². The lowest BCUT2D eigenvalue weighted by atomic mass is 9.63. The summed E-state index contributed by atoms with van der Waals surface area (Å²) in [5.74, 6) is 1.85. The number of rotatable bonds is 6. The number of halogens is 1. The molecule has 0 aromatic heterocycles. The number of carbonyl (C=O) groups is 2. The number of amides is 2. The van der Waals surface area contributed by atoms with Crippen molar-refractivity contribution >= 4 is 29.6 Å². The molecule has 1 heterocycles. The third-order valence-corrected chi connectivity index (χ3v) is 7.71. The molecule has 168 valence electrons. The number of hydrogen-bond acceptors (Lipinski definition) is 5. The fourth-order valence-electron chi connectivity index (χ4n) is 5.80. The monoisotopic (exact) mass is 462 g/mol. The Hall–Kier alpha value is -3.12.